The summed E-state index contributed by atoms with van der Waals surface area (Å²) in [5.41, 5.74) is 0.843. The predicted octanol–water partition coefficient (Wildman–Crippen LogP) is 2.94. The second kappa shape index (κ2) is 5.32. The summed E-state index contributed by atoms with van der Waals surface area (Å²) < 4.78 is 2.11. The van der Waals surface area contributed by atoms with Crippen LogP contribution in [0.5, 0.6) is 0 Å². The Morgan fingerprint density at radius 1 is 1.50 bits per heavy atom. The maximum absolute atomic E-state index is 12.0. The van der Waals surface area contributed by atoms with E-state index >= 15 is 0 Å². The highest BCUT2D eigenvalue weighted by Crippen LogP contribution is 2.19. The van der Waals surface area contributed by atoms with Gasteiger partial charge >= 0.3 is 0 Å². The van der Waals surface area contributed by atoms with Crippen molar-refractivity contribution in [3.05, 3.63) is 42.9 Å². The Morgan fingerprint density at radius 2 is 2.22 bits per heavy atom. The van der Waals surface area contributed by atoms with Crippen molar-refractivity contribution in [2.75, 3.05) is 0 Å². The van der Waals surface area contributed by atoms with Gasteiger partial charge in [0.1, 0.15) is 10.3 Å². The Hall–Kier alpha value is -1.01. The fourth-order valence-electron chi connectivity index (χ4n) is 1.56. The highest BCUT2D eigenvalue weighted by molar-refractivity contribution is 9.10. The Balaban J connectivity index is 2.34. The molecule has 2 heterocycles. The van der Waals surface area contributed by atoms with Crippen LogP contribution in [-0.4, -0.2) is 14.5 Å². The Kier molecular flexibility index (Phi) is 3.97. The highest BCUT2D eigenvalue weighted by Gasteiger charge is 2.10. The van der Waals surface area contributed by atoms with E-state index in [0.29, 0.717) is 22.8 Å². The van der Waals surface area contributed by atoms with Gasteiger partial charge in [-0.25, -0.2) is 9.97 Å². The number of nitrogens with zero attached hydrogens (tertiary/aromatic N) is 3. The lowest BCUT2D eigenvalue weighted by molar-refractivity contribution is 0.680. The van der Waals surface area contributed by atoms with Gasteiger partial charge in [-0.2, -0.15) is 0 Å². The van der Waals surface area contributed by atoms with Gasteiger partial charge in [-0.15, -0.1) is 11.3 Å². The summed E-state index contributed by atoms with van der Waals surface area (Å²) in [6.45, 7) is 6.52. The first-order valence-corrected chi connectivity index (χ1v) is 7.32. The highest BCUT2D eigenvalue weighted by atomic mass is 79.9. The molecule has 0 spiro atoms. The molecule has 0 N–H and O–H groups in total. The fraction of sp³-hybridized carbons (Fsp3) is 0.417. The molecule has 0 amide bonds. The predicted molar refractivity (Wildman–Crippen MR) is 76.2 cm³/mol. The van der Waals surface area contributed by atoms with Crippen LogP contribution in [0.3, 0.4) is 0 Å². The maximum Gasteiger partial charge on any atom is 0.268 e. The summed E-state index contributed by atoms with van der Waals surface area (Å²) in [6.07, 6.45) is 1.54. The summed E-state index contributed by atoms with van der Waals surface area (Å²) in [7, 11) is 0. The van der Waals surface area contributed by atoms with Crippen molar-refractivity contribution in [1.82, 2.24) is 14.5 Å². The van der Waals surface area contributed by atoms with Gasteiger partial charge in [-0.05, 0) is 22.9 Å². The average Bonchev–Trinajstić information content (AvgIpc) is 2.78. The molecule has 2 aromatic heterocycles. The minimum Gasteiger partial charge on any atom is -0.290 e. The van der Waals surface area contributed by atoms with Crippen LogP contribution in [0.2, 0.25) is 0 Å². The first-order valence-electron chi connectivity index (χ1n) is 5.65. The number of hydrogen-bond donors (Lipinski definition) is 0. The van der Waals surface area contributed by atoms with Crippen molar-refractivity contribution in [3.63, 3.8) is 0 Å². The lowest BCUT2D eigenvalue weighted by Crippen LogP contribution is -2.24. The zero-order valence-electron chi connectivity index (χ0n) is 10.5. The second-order valence-corrected chi connectivity index (χ2v) is 6.12. The van der Waals surface area contributed by atoms with Crippen molar-refractivity contribution in [1.29, 1.82) is 0 Å². The van der Waals surface area contributed by atoms with Crippen LogP contribution in [0, 0.1) is 6.92 Å². The van der Waals surface area contributed by atoms with E-state index < -0.39 is 0 Å². The van der Waals surface area contributed by atoms with E-state index in [1.807, 2.05) is 12.3 Å². The molecule has 0 saturated heterocycles. The second-order valence-electron chi connectivity index (χ2n) is 4.38. The van der Waals surface area contributed by atoms with Gasteiger partial charge in [0.25, 0.3) is 5.56 Å². The minimum absolute atomic E-state index is 0.0680. The topological polar surface area (TPSA) is 47.8 Å². The molecular weight excluding hydrogens is 314 g/mol. The molecule has 0 bridgehead atoms. The van der Waals surface area contributed by atoms with Crippen molar-refractivity contribution in [2.45, 2.75) is 33.2 Å². The normalized spacial score (nSPS) is 11.2. The smallest absolute Gasteiger partial charge is 0.268 e. The third-order valence-electron chi connectivity index (χ3n) is 2.59. The molecule has 0 radical (unpaired) electrons. The molecule has 0 saturated carbocycles. The standard InChI is InChI=1S/C12H14BrN3OS/c1-7(2)11-15-9(6-18-11)5-16-8(3)14-4-10(13)12(16)17/h4,6-7H,5H2,1-3H3. The third kappa shape index (κ3) is 2.70. The minimum atomic E-state index is -0.0680. The Morgan fingerprint density at radius 3 is 2.83 bits per heavy atom. The van der Waals surface area contributed by atoms with Crippen LogP contribution in [0.15, 0.2) is 20.8 Å². The number of hydrogen-bond acceptors (Lipinski definition) is 4. The van der Waals surface area contributed by atoms with Gasteiger partial charge in [0, 0.05) is 17.5 Å². The van der Waals surface area contributed by atoms with Crippen LogP contribution in [-0.2, 0) is 6.54 Å². The van der Waals surface area contributed by atoms with Crippen LogP contribution in [0.1, 0.15) is 36.3 Å². The van der Waals surface area contributed by atoms with Crippen LogP contribution >= 0.6 is 27.3 Å². The molecule has 0 fully saturated rings. The largest absolute Gasteiger partial charge is 0.290 e. The molecule has 0 aromatic carbocycles. The van der Waals surface area contributed by atoms with Crippen LogP contribution < -0.4 is 5.56 Å². The first kappa shape index (κ1) is 13.4. The van der Waals surface area contributed by atoms with Crippen molar-refractivity contribution >= 4 is 27.3 Å². The molecule has 4 nitrogen and oxygen atoms in total. The van der Waals surface area contributed by atoms with Crippen molar-refractivity contribution in [3.8, 4) is 0 Å². The number of aromatic nitrogens is 3. The molecule has 96 valence electrons. The molecule has 0 aliphatic rings. The zero-order chi connectivity index (χ0) is 13.3. The molecule has 2 aromatic rings. The fourth-order valence-corrected chi connectivity index (χ4v) is 2.70. The summed E-state index contributed by atoms with van der Waals surface area (Å²) in [6, 6.07) is 0. The number of aryl methyl sites for hydroxylation is 1. The molecular formula is C12H14BrN3OS. The van der Waals surface area contributed by atoms with Gasteiger partial charge in [-0.3, -0.25) is 9.36 Å². The molecule has 18 heavy (non-hydrogen) atoms. The lowest BCUT2D eigenvalue weighted by atomic mass is 10.2. The number of rotatable bonds is 3. The summed E-state index contributed by atoms with van der Waals surface area (Å²) in [5, 5.41) is 3.10. The van der Waals surface area contributed by atoms with E-state index in [0.717, 1.165) is 10.7 Å². The van der Waals surface area contributed by atoms with Gasteiger partial charge in [0.15, 0.2) is 0 Å². The molecule has 0 atom stereocenters. The molecule has 6 heteroatoms. The molecule has 0 aliphatic heterocycles. The van der Waals surface area contributed by atoms with E-state index in [1.165, 1.54) is 6.20 Å². The Bertz CT molecular complexity index is 618. The van der Waals surface area contributed by atoms with Crippen molar-refractivity contribution in [2.24, 2.45) is 0 Å². The van der Waals surface area contributed by atoms with Crippen molar-refractivity contribution < 1.29 is 0 Å². The average molecular weight is 328 g/mol. The number of thiazole rings is 1. The van der Waals surface area contributed by atoms with Crippen LogP contribution in [0.25, 0.3) is 0 Å². The number of halogens is 1. The van der Waals surface area contributed by atoms with Gasteiger partial charge in [0.2, 0.25) is 0 Å². The maximum atomic E-state index is 12.0. The lowest BCUT2D eigenvalue weighted by Gasteiger charge is -2.07. The van der Waals surface area contributed by atoms with E-state index in [4.69, 9.17) is 0 Å². The molecule has 0 unspecified atom stereocenters. The van der Waals surface area contributed by atoms with Gasteiger partial charge < -0.3 is 0 Å². The summed E-state index contributed by atoms with van der Waals surface area (Å²) in [5.74, 6) is 1.12. The van der Waals surface area contributed by atoms with Gasteiger partial charge in [-0.1, -0.05) is 13.8 Å². The summed E-state index contributed by atoms with van der Waals surface area (Å²) >= 11 is 4.84. The SMILES string of the molecule is Cc1ncc(Br)c(=O)n1Cc1csc(C(C)C)n1. The molecule has 0 aliphatic carbocycles. The van der Waals surface area contributed by atoms with E-state index in [9.17, 15) is 4.79 Å². The first-order chi connectivity index (χ1) is 8.49. The van der Waals surface area contributed by atoms with E-state index in [2.05, 4.69) is 39.7 Å². The zero-order valence-corrected chi connectivity index (χ0v) is 12.9. The van der Waals surface area contributed by atoms with Gasteiger partial charge in [0.05, 0.1) is 17.2 Å². The third-order valence-corrected chi connectivity index (χ3v) is 4.33. The monoisotopic (exact) mass is 327 g/mol. The summed E-state index contributed by atoms with van der Waals surface area (Å²) in [4.78, 5) is 20.7. The van der Waals surface area contributed by atoms with Crippen LogP contribution in [0.4, 0.5) is 0 Å². The van der Waals surface area contributed by atoms with E-state index in [-0.39, 0.29) is 5.56 Å². The quantitative estimate of drug-likeness (QED) is 0.870. The molecule has 2 rings (SSSR count). The van der Waals surface area contributed by atoms with E-state index in [1.54, 1.807) is 15.9 Å². The Labute approximate surface area is 118 Å².